The summed E-state index contributed by atoms with van der Waals surface area (Å²) in [6, 6.07) is 0. The average molecular weight is 210 g/mol. The van der Waals surface area contributed by atoms with Crippen molar-refractivity contribution in [2.75, 3.05) is 13.2 Å². The molecule has 0 aliphatic carbocycles. The number of rotatable bonds is 6. The zero-order chi connectivity index (χ0) is 10.9. The molecule has 1 rings (SSSR count). The smallest absolute Gasteiger partial charge is 0.174 e. The number of hydrogen-bond donors (Lipinski definition) is 1. The average Bonchev–Trinajstić information content (AvgIpc) is 2.74. The predicted octanol–water partition coefficient (Wildman–Crippen LogP) is 1.80. The molecule has 0 radical (unpaired) electrons. The summed E-state index contributed by atoms with van der Waals surface area (Å²) in [5, 5.41) is 9.38. The van der Waals surface area contributed by atoms with Gasteiger partial charge in [-0.15, -0.1) is 0 Å². The summed E-state index contributed by atoms with van der Waals surface area (Å²) >= 11 is 0. The van der Waals surface area contributed by atoms with Gasteiger partial charge in [0.1, 0.15) is 0 Å². The van der Waals surface area contributed by atoms with E-state index in [-0.39, 0.29) is 6.10 Å². The van der Waals surface area contributed by atoms with Crippen molar-refractivity contribution in [3.05, 3.63) is 37.0 Å². The summed E-state index contributed by atoms with van der Waals surface area (Å²) in [5.41, 5.74) is 0. The largest absolute Gasteiger partial charge is 0.376 e. The van der Waals surface area contributed by atoms with Gasteiger partial charge in [-0.25, -0.2) is 0 Å². The summed E-state index contributed by atoms with van der Waals surface area (Å²) in [6.07, 6.45) is 9.94. The maximum Gasteiger partial charge on any atom is 0.174 e. The van der Waals surface area contributed by atoms with Crippen LogP contribution in [0, 0.1) is 0 Å². The van der Waals surface area contributed by atoms with Crippen LogP contribution in [0.15, 0.2) is 37.0 Å². The second-order valence-corrected chi connectivity index (χ2v) is 3.36. The molecule has 1 fully saturated rings. The zero-order valence-electron chi connectivity index (χ0n) is 8.84. The molecule has 1 aliphatic rings. The SMILES string of the molecule is C=CC=CC=CC(O)OCC1CCCO1. The fraction of sp³-hybridized carbons (Fsp3) is 0.500. The van der Waals surface area contributed by atoms with Crippen LogP contribution in [-0.4, -0.2) is 30.7 Å². The molecule has 1 saturated heterocycles. The molecule has 0 amide bonds. The van der Waals surface area contributed by atoms with E-state index < -0.39 is 6.29 Å². The first-order chi connectivity index (χ1) is 7.33. The Morgan fingerprint density at radius 2 is 2.33 bits per heavy atom. The lowest BCUT2D eigenvalue weighted by Gasteiger charge is -2.12. The highest BCUT2D eigenvalue weighted by Crippen LogP contribution is 2.12. The van der Waals surface area contributed by atoms with Gasteiger partial charge in [-0.2, -0.15) is 0 Å². The lowest BCUT2D eigenvalue weighted by Crippen LogP contribution is -2.19. The van der Waals surface area contributed by atoms with Crippen molar-refractivity contribution in [1.29, 1.82) is 0 Å². The van der Waals surface area contributed by atoms with Crippen LogP contribution in [0.2, 0.25) is 0 Å². The third-order valence-corrected chi connectivity index (χ3v) is 2.11. The molecule has 1 heterocycles. The molecule has 1 aliphatic heterocycles. The molecular formula is C12H18O3. The topological polar surface area (TPSA) is 38.7 Å². The minimum Gasteiger partial charge on any atom is -0.376 e. The molecular weight excluding hydrogens is 192 g/mol. The first-order valence-electron chi connectivity index (χ1n) is 5.20. The first kappa shape index (κ1) is 12.2. The molecule has 0 aromatic heterocycles. The summed E-state index contributed by atoms with van der Waals surface area (Å²) in [6.45, 7) is 4.80. The van der Waals surface area contributed by atoms with Crippen molar-refractivity contribution in [3.8, 4) is 0 Å². The first-order valence-corrected chi connectivity index (χ1v) is 5.20. The van der Waals surface area contributed by atoms with Gasteiger partial charge in [-0.05, 0) is 18.9 Å². The van der Waals surface area contributed by atoms with Gasteiger partial charge in [0.05, 0.1) is 12.7 Å². The van der Waals surface area contributed by atoms with E-state index in [4.69, 9.17) is 9.47 Å². The van der Waals surface area contributed by atoms with Crippen LogP contribution in [-0.2, 0) is 9.47 Å². The Labute approximate surface area is 90.7 Å². The van der Waals surface area contributed by atoms with Crippen LogP contribution in [0.25, 0.3) is 0 Å². The van der Waals surface area contributed by atoms with Crippen LogP contribution in [0.5, 0.6) is 0 Å². The Morgan fingerprint density at radius 3 is 3.00 bits per heavy atom. The van der Waals surface area contributed by atoms with E-state index in [0.717, 1.165) is 19.4 Å². The van der Waals surface area contributed by atoms with E-state index in [1.165, 1.54) is 0 Å². The van der Waals surface area contributed by atoms with Gasteiger partial charge in [0.15, 0.2) is 6.29 Å². The van der Waals surface area contributed by atoms with E-state index >= 15 is 0 Å². The molecule has 2 atom stereocenters. The molecule has 1 N–H and O–H groups in total. The van der Waals surface area contributed by atoms with E-state index in [1.807, 2.05) is 0 Å². The van der Waals surface area contributed by atoms with E-state index in [2.05, 4.69) is 6.58 Å². The summed E-state index contributed by atoms with van der Waals surface area (Å²) in [5.74, 6) is 0. The Morgan fingerprint density at radius 1 is 1.47 bits per heavy atom. The number of ether oxygens (including phenoxy) is 2. The van der Waals surface area contributed by atoms with Gasteiger partial charge in [0.25, 0.3) is 0 Å². The van der Waals surface area contributed by atoms with Crippen molar-refractivity contribution >= 4 is 0 Å². The van der Waals surface area contributed by atoms with Gasteiger partial charge in [0, 0.05) is 6.61 Å². The highest BCUT2D eigenvalue weighted by molar-refractivity contribution is 5.09. The van der Waals surface area contributed by atoms with Crippen molar-refractivity contribution < 1.29 is 14.6 Å². The fourth-order valence-electron chi connectivity index (χ4n) is 1.34. The maximum atomic E-state index is 9.38. The molecule has 3 nitrogen and oxygen atoms in total. The Bertz CT molecular complexity index is 227. The van der Waals surface area contributed by atoms with Gasteiger partial charge >= 0.3 is 0 Å². The molecule has 84 valence electrons. The summed E-state index contributed by atoms with van der Waals surface area (Å²) in [4.78, 5) is 0. The Hall–Kier alpha value is -0.900. The molecule has 0 aromatic rings. The summed E-state index contributed by atoms with van der Waals surface area (Å²) < 4.78 is 10.5. The minimum absolute atomic E-state index is 0.150. The minimum atomic E-state index is -0.858. The quantitative estimate of drug-likeness (QED) is 0.536. The molecule has 0 saturated carbocycles. The second-order valence-electron chi connectivity index (χ2n) is 3.36. The van der Waals surface area contributed by atoms with Gasteiger partial charge in [-0.3, -0.25) is 0 Å². The Balaban J connectivity index is 2.11. The molecule has 0 aromatic carbocycles. The lowest BCUT2D eigenvalue weighted by atomic mass is 10.2. The van der Waals surface area contributed by atoms with Crippen LogP contribution in [0.3, 0.4) is 0 Å². The normalized spacial score (nSPS) is 23.9. The van der Waals surface area contributed by atoms with E-state index in [1.54, 1.807) is 30.4 Å². The number of allylic oxidation sites excluding steroid dienone is 4. The molecule has 0 spiro atoms. The lowest BCUT2D eigenvalue weighted by molar-refractivity contribution is -0.0946. The highest BCUT2D eigenvalue weighted by Gasteiger charge is 2.16. The van der Waals surface area contributed by atoms with Crippen molar-refractivity contribution in [3.63, 3.8) is 0 Å². The second kappa shape index (κ2) is 7.40. The zero-order valence-corrected chi connectivity index (χ0v) is 8.84. The Kier molecular flexibility index (Phi) is 6.00. The van der Waals surface area contributed by atoms with Crippen LogP contribution < -0.4 is 0 Å². The van der Waals surface area contributed by atoms with Gasteiger partial charge in [0.2, 0.25) is 0 Å². The molecule has 2 unspecified atom stereocenters. The van der Waals surface area contributed by atoms with Crippen molar-refractivity contribution in [1.82, 2.24) is 0 Å². The van der Waals surface area contributed by atoms with Gasteiger partial charge in [-0.1, -0.05) is 30.9 Å². The van der Waals surface area contributed by atoms with Crippen LogP contribution in [0.1, 0.15) is 12.8 Å². The number of aliphatic hydroxyl groups is 1. The van der Waals surface area contributed by atoms with Crippen LogP contribution in [0.4, 0.5) is 0 Å². The van der Waals surface area contributed by atoms with Crippen LogP contribution >= 0.6 is 0 Å². The fourth-order valence-corrected chi connectivity index (χ4v) is 1.34. The third-order valence-electron chi connectivity index (χ3n) is 2.11. The number of hydrogen-bond acceptors (Lipinski definition) is 3. The maximum absolute atomic E-state index is 9.38. The summed E-state index contributed by atoms with van der Waals surface area (Å²) in [7, 11) is 0. The monoisotopic (exact) mass is 210 g/mol. The van der Waals surface area contributed by atoms with Crippen molar-refractivity contribution in [2.45, 2.75) is 25.2 Å². The van der Waals surface area contributed by atoms with Crippen molar-refractivity contribution in [2.24, 2.45) is 0 Å². The molecule has 3 heteroatoms. The highest BCUT2D eigenvalue weighted by atomic mass is 16.6. The van der Waals surface area contributed by atoms with E-state index in [0.29, 0.717) is 6.61 Å². The van der Waals surface area contributed by atoms with Gasteiger partial charge < -0.3 is 14.6 Å². The number of aliphatic hydroxyl groups excluding tert-OH is 1. The standard InChI is InChI=1S/C12H18O3/c1-2-3-4-5-8-12(13)15-10-11-7-6-9-14-11/h2-5,8,11-13H,1,6-7,9-10H2. The molecule has 15 heavy (non-hydrogen) atoms. The third kappa shape index (κ3) is 5.52. The molecule has 0 bridgehead atoms. The predicted molar refractivity (Wildman–Crippen MR) is 59.4 cm³/mol. The van der Waals surface area contributed by atoms with E-state index in [9.17, 15) is 5.11 Å².